The van der Waals surface area contributed by atoms with Crippen LogP contribution in [0.25, 0.3) is 5.65 Å². The van der Waals surface area contributed by atoms with Gasteiger partial charge in [0.2, 0.25) is 0 Å². The highest BCUT2D eigenvalue weighted by Gasteiger charge is 2.34. The van der Waals surface area contributed by atoms with E-state index in [1.54, 1.807) is 59.4 Å². The van der Waals surface area contributed by atoms with Gasteiger partial charge in [0.1, 0.15) is 5.69 Å². The van der Waals surface area contributed by atoms with Crippen molar-refractivity contribution in [3.05, 3.63) is 88.1 Å². The molecule has 2 N–H and O–H groups in total. The van der Waals surface area contributed by atoms with E-state index in [0.29, 0.717) is 41.1 Å². The molecule has 0 spiro atoms. The van der Waals surface area contributed by atoms with Gasteiger partial charge in [0.25, 0.3) is 11.5 Å². The van der Waals surface area contributed by atoms with E-state index in [2.05, 4.69) is 20.8 Å². The molecule has 9 nitrogen and oxygen atoms in total. The lowest BCUT2D eigenvalue weighted by Gasteiger charge is -2.32. The Balaban J connectivity index is 1.61. The van der Waals surface area contributed by atoms with E-state index in [9.17, 15) is 14.4 Å². The fraction of sp³-hybridized carbons (Fsp3) is 0.208. The quantitative estimate of drug-likeness (QED) is 0.502. The fourth-order valence-corrected chi connectivity index (χ4v) is 4.11. The van der Waals surface area contributed by atoms with Crippen LogP contribution in [0.3, 0.4) is 0 Å². The van der Waals surface area contributed by atoms with Gasteiger partial charge in [0, 0.05) is 23.7 Å². The molecular weight excluding hydrogens is 420 g/mol. The molecule has 0 atom stereocenters. The van der Waals surface area contributed by atoms with Crippen LogP contribution in [0.1, 0.15) is 46.7 Å². The van der Waals surface area contributed by atoms with Crippen LogP contribution in [-0.2, 0) is 6.42 Å². The number of Topliss-reactive ketones (excluding diaryl/α,β-unsaturated/α-hetero) is 1. The summed E-state index contributed by atoms with van der Waals surface area (Å²) in [6.45, 7) is 3.98. The lowest BCUT2D eigenvalue weighted by atomic mass is 9.75. The highest BCUT2D eigenvalue weighted by molar-refractivity contribution is 6.05. The molecule has 1 amide bonds. The van der Waals surface area contributed by atoms with Crippen LogP contribution in [-0.4, -0.2) is 31.0 Å². The van der Waals surface area contributed by atoms with E-state index in [1.165, 1.54) is 10.7 Å². The summed E-state index contributed by atoms with van der Waals surface area (Å²) in [6, 6.07) is 13.6. The van der Waals surface area contributed by atoms with Crippen LogP contribution in [0.4, 0.5) is 11.5 Å². The molecule has 3 heterocycles. The molecule has 4 aromatic rings. The summed E-state index contributed by atoms with van der Waals surface area (Å²) in [5.74, 6) is -0.122. The maximum Gasteiger partial charge on any atom is 0.293 e. The van der Waals surface area contributed by atoms with Gasteiger partial charge in [-0.25, -0.2) is 14.2 Å². The number of aromatic nitrogens is 4. The van der Waals surface area contributed by atoms with Crippen molar-refractivity contribution in [3.63, 3.8) is 0 Å². The molecule has 0 unspecified atom stereocenters. The van der Waals surface area contributed by atoms with Crippen molar-refractivity contribution in [1.29, 1.82) is 0 Å². The number of anilines is 2. The molecule has 166 valence electrons. The first-order valence-corrected chi connectivity index (χ1v) is 10.6. The van der Waals surface area contributed by atoms with Gasteiger partial charge >= 0.3 is 0 Å². The summed E-state index contributed by atoms with van der Waals surface area (Å²) < 4.78 is 2.90. The van der Waals surface area contributed by atoms with Crippen molar-refractivity contribution < 1.29 is 9.59 Å². The first kappa shape index (κ1) is 20.6. The van der Waals surface area contributed by atoms with E-state index in [4.69, 9.17) is 0 Å². The lowest BCUT2D eigenvalue weighted by molar-refractivity contribution is 0.0907. The number of pyridine rings is 1. The SMILES string of the molecule is CC1(C)CC(=O)c2cc(NC(=O)c3ccccc3)c(=O)n(Nc3cn4ncccc4n3)c2C1. The number of ketones is 1. The van der Waals surface area contributed by atoms with Crippen molar-refractivity contribution >= 4 is 28.8 Å². The molecule has 1 aliphatic carbocycles. The Hall–Kier alpha value is -4.27. The second-order valence-corrected chi connectivity index (χ2v) is 8.88. The third kappa shape index (κ3) is 3.89. The zero-order valence-corrected chi connectivity index (χ0v) is 18.2. The number of rotatable bonds is 4. The van der Waals surface area contributed by atoms with Crippen LogP contribution in [0.15, 0.2) is 65.7 Å². The zero-order valence-electron chi connectivity index (χ0n) is 18.2. The maximum absolute atomic E-state index is 13.5. The third-order valence-electron chi connectivity index (χ3n) is 5.64. The molecular formula is C24H22N6O3. The van der Waals surface area contributed by atoms with Gasteiger partial charge < -0.3 is 5.32 Å². The van der Waals surface area contributed by atoms with Gasteiger partial charge in [-0.2, -0.15) is 5.10 Å². The first-order valence-electron chi connectivity index (χ1n) is 10.6. The summed E-state index contributed by atoms with van der Waals surface area (Å²) in [5, 5.41) is 6.86. The average molecular weight is 442 g/mol. The second-order valence-electron chi connectivity index (χ2n) is 8.88. The van der Waals surface area contributed by atoms with Crippen molar-refractivity contribution in [2.45, 2.75) is 26.7 Å². The topological polar surface area (TPSA) is 110 Å². The van der Waals surface area contributed by atoms with Gasteiger partial charge in [0.15, 0.2) is 17.2 Å². The van der Waals surface area contributed by atoms with Crippen LogP contribution in [0, 0.1) is 5.41 Å². The highest BCUT2D eigenvalue weighted by atomic mass is 16.2. The molecule has 5 rings (SSSR count). The molecule has 3 aromatic heterocycles. The Bertz CT molecular complexity index is 1420. The molecule has 0 saturated carbocycles. The smallest absolute Gasteiger partial charge is 0.293 e. The molecule has 0 saturated heterocycles. The number of hydrogen-bond donors (Lipinski definition) is 2. The van der Waals surface area contributed by atoms with Gasteiger partial charge in [-0.1, -0.05) is 32.0 Å². The standard InChI is InChI=1S/C24H22N6O3/c1-24(2)12-18-16(19(31)13-24)11-17(26-22(32)15-7-4-3-5-8-15)23(33)30(18)28-20-14-29-21(27-20)9-6-10-25-29/h3-11,14,28H,12-13H2,1-2H3,(H,26,32). The third-order valence-corrected chi connectivity index (χ3v) is 5.64. The molecule has 0 radical (unpaired) electrons. The molecule has 1 aliphatic rings. The molecule has 0 aliphatic heterocycles. The van der Waals surface area contributed by atoms with E-state index in [0.717, 1.165) is 0 Å². The van der Waals surface area contributed by atoms with Crippen molar-refractivity contribution in [3.8, 4) is 0 Å². The summed E-state index contributed by atoms with van der Waals surface area (Å²) >= 11 is 0. The van der Waals surface area contributed by atoms with Gasteiger partial charge in [-0.3, -0.25) is 19.8 Å². The molecule has 9 heteroatoms. The number of imidazole rings is 1. The van der Waals surface area contributed by atoms with Gasteiger partial charge in [0.05, 0.1) is 11.9 Å². The zero-order chi connectivity index (χ0) is 23.2. The number of benzene rings is 1. The lowest BCUT2D eigenvalue weighted by Crippen LogP contribution is -2.39. The van der Waals surface area contributed by atoms with E-state index in [-0.39, 0.29) is 16.9 Å². The van der Waals surface area contributed by atoms with Crippen LogP contribution in [0.2, 0.25) is 0 Å². The number of amides is 1. The summed E-state index contributed by atoms with van der Waals surface area (Å²) in [7, 11) is 0. The molecule has 0 bridgehead atoms. The number of nitrogens with one attached hydrogen (secondary N) is 2. The largest absolute Gasteiger partial charge is 0.317 e. The van der Waals surface area contributed by atoms with Gasteiger partial charge in [-0.05, 0) is 42.2 Å². The van der Waals surface area contributed by atoms with Gasteiger partial charge in [-0.15, -0.1) is 0 Å². The Morgan fingerprint density at radius 3 is 2.61 bits per heavy atom. The number of carbonyl (C=O) groups is 2. The van der Waals surface area contributed by atoms with E-state index >= 15 is 0 Å². The minimum absolute atomic E-state index is 0.0186. The van der Waals surface area contributed by atoms with E-state index < -0.39 is 11.5 Å². The Labute approximate surface area is 189 Å². The Morgan fingerprint density at radius 2 is 1.85 bits per heavy atom. The summed E-state index contributed by atoms with van der Waals surface area (Å²) in [4.78, 5) is 43.6. The monoisotopic (exact) mass is 442 g/mol. The predicted molar refractivity (Wildman–Crippen MR) is 124 cm³/mol. The predicted octanol–water partition coefficient (Wildman–Crippen LogP) is 3.17. The van der Waals surface area contributed by atoms with Crippen LogP contribution >= 0.6 is 0 Å². The molecule has 1 aromatic carbocycles. The van der Waals surface area contributed by atoms with Crippen molar-refractivity contribution in [2.24, 2.45) is 5.41 Å². The molecule has 0 fully saturated rings. The minimum atomic E-state index is -0.478. The number of carbonyl (C=O) groups excluding carboxylic acids is 2. The highest BCUT2D eigenvalue weighted by Crippen LogP contribution is 2.35. The Morgan fingerprint density at radius 1 is 1.06 bits per heavy atom. The number of fused-ring (bicyclic) bond motifs is 2. The van der Waals surface area contributed by atoms with Crippen molar-refractivity contribution in [1.82, 2.24) is 19.3 Å². The second kappa shape index (κ2) is 7.70. The van der Waals surface area contributed by atoms with Crippen LogP contribution < -0.4 is 16.3 Å². The summed E-state index contributed by atoms with van der Waals surface area (Å²) in [5.41, 5.74) is 4.24. The fourth-order valence-electron chi connectivity index (χ4n) is 4.11. The van der Waals surface area contributed by atoms with E-state index in [1.807, 2.05) is 13.8 Å². The van der Waals surface area contributed by atoms with Crippen LogP contribution in [0.5, 0.6) is 0 Å². The maximum atomic E-state index is 13.5. The first-order chi connectivity index (χ1) is 15.8. The van der Waals surface area contributed by atoms with Crippen molar-refractivity contribution in [2.75, 3.05) is 10.7 Å². The normalized spacial score (nSPS) is 14.7. The number of nitrogens with zero attached hydrogens (tertiary/aromatic N) is 4. The number of hydrogen-bond acceptors (Lipinski definition) is 6. The molecule has 33 heavy (non-hydrogen) atoms. The average Bonchev–Trinajstić information content (AvgIpc) is 3.20. The minimum Gasteiger partial charge on any atom is -0.317 e. The summed E-state index contributed by atoms with van der Waals surface area (Å²) in [6.07, 6.45) is 4.14. The Kier molecular flexibility index (Phi) is 4.81.